The lowest BCUT2D eigenvalue weighted by atomic mass is 10.1. The fraction of sp³-hybridized carbons (Fsp3) is 0.316. The zero-order valence-corrected chi connectivity index (χ0v) is 15.9. The molecule has 0 aliphatic rings. The summed E-state index contributed by atoms with van der Waals surface area (Å²) in [5, 5.41) is 7.43. The van der Waals surface area contributed by atoms with Gasteiger partial charge in [-0.15, -0.1) is 0 Å². The summed E-state index contributed by atoms with van der Waals surface area (Å²) >= 11 is 12.0. The molecule has 1 amide bonds. The third-order valence-corrected chi connectivity index (χ3v) is 4.33. The first-order chi connectivity index (χ1) is 12.0. The van der Waals surface area contributed by atoms with E-state index in [1.54, 1.807) is 13.2 Å². The second kappa shape index (κ2) is 9.66. The van der Waals surface area contributed by atoms with Crippen molar-refractivity contribution in [3.05, 3.63) is 57.6 Å². The predicted octanol–water partition coefficient (Wildman–Crippen LogP) is 4.47. The molecule has 0 aliphatic heterocycles. The minimum atomic E-state index is -0.0547. The number of anilines is 1. The Hall–Kier alpha value is -1.75. The molecule has 0 aliphatic carbocycles. The summed E-state index contributed by atoms with van der Waals surface area (Å²) in [5.41, 5.74) is 2.79. The first-order valence-electron chi connectivity index (χ1n) is 8.08. The lowest BCUT2D eigenvalue weighted by Gasteiger charge is -2.11. The van der Waals surface area contributed by atoms with Crippen molar-refractivity contribution in [1.29, 1.82) is 0 Å². The maximum absolute atomic E-state index is 12.1. The van der Waals surface area contributed by atoms with Gasteiger partial charge in [0.2, 0.25) is 5.91 Å². The van der Waals surface area contributed by atoms with Gasteiger partial charge >= 0.3 is 0 Å². The average Bonchev–Trinajstić information content (AvgIpc) is 2.56. The molecular weight excluding hydrogens is 359 g/mol. The third kappa shape index (κ3) is 6.24. The Morgan fingerprint density at radius 1 is 1.12 bits per heavy atom. The lowest BCUT2D eigenvalue weighted by Crippen LogP contribution is -2.23. The Labute approximate surface area is 158 Å². The summed E-state index contributed by atoms with van der Waals surface area (Å²) in [6.07, 6.45) is 1.16. The molecule has 0 atom stereocenters. The van der Waals surface area contributed by atoms with Crippen molar-refractivity contribution < 1.29 is 9.53 Å². The molecule has 2 rings (SSSR count). The van der Waals surface area contributed by atoms with Crippen molar-refractivity contribution in [1.82, 2.24) is 5.32 Å². The van der Waals surface area contributed by atoms with Gasteiger partial charge in [0.15, 0.2) is 0 Å². The normalized spacial score (nSPS) is 10.6. The van der Waals surface area contributed by atoms with E-state index in [4.69, 9.17) is 27.9 Å². The van der Waals surface area contributed by atoms with Crippen molar-refractivity contribution in [2.24, 2.45) is 0 Å². The molecule has 0 aromatic heterocycles. The number of methoxy groups -OCH3 is 1. The maximum atomic E-state index is 12.1. The summed E-state index contributed by atoms with van der Waals surface area (Å²) in [4.78, 5) is 12.1. The maximum Gasteiger partial charge on any atom is 0.225 e. The van der Waals surface area contributed by atoms with E-state index >= 15 is 0 Å². The highest BCUT2D eigenvalue weighted by atomic mass is 35.5. The van der Waals surface area contributed by atoms with E-state index in [0.29, 0.717) is 34.4 Å². The van der Waals surface area contributed by atoms with Crippen molar-refractivity contribution in [3.8, 4) is 5.75 Å². The van der Waals surface area contributed by atoms with Crippen LogP contribution in [0.5, 0.6) is 5.75 Å². The second-order valence-electron chi connectivity index (χ2n) is 5.74. The van der Waals surface area contributed by atoms with E-state index in [-0.39, 0.29) is 5.91 Å². The largest absolute Gasteiger partial charge is 0.495 e. The van der Waals surface area contributed by atoms with E-state index in [1.165, 1.54) is 0 Å². The smallest absolute Gasteiger partial charge is 0.225 e. The number of aryl methyl sites for hydroxylation is 1. The zero-order chi connectivity index (χ0) is 18.2. The molecule has 4 nitrogen and oxygen atoms in total. The average molecular weight is 381 g/mol. The number of nitrogens with one attached hydrogen (secondary N) is 2. The molecule has 0 saturated heterocycles. The van der Waals surface area contributed by atoms with Crippen LogP contribution in [-0.2, 0) is 11.2 Å². The predicted molar refractivity (Wildman–Crippen MR) is 104 cm³/mol. The number of carbonyl (C=O) groups excluding carboxylic acids is 1. The number of hydrogen-bond acceptors (Lipinski definition) is 3. The monoisotopic (exact) mass is 380 g/mol. The molecule has 134 valence electrons. The standard InChI is InChI=1S/C19H22Cl2N2O2/c1-13-3-6-18(25-2)17(11-13)23-19(24)8-10-22-9-7-14-4-5-15(20)12-16(14)21/h3-6,11-12,22H,7-10H2,1-2H3,(H,23,24). The van der Waals surface area contributed by atoms with Crippen molar-refractivity contribution in [2.45, 2.75) is 19.8 Å². The summed E-state index contributed by atoms with van der Waals surface area (Å²) in [5.74, 6) is 0.602. The Morgan fingerprint density at radius 3 is 2.64 bits per heavy atom. The van der Waals surface area contributed by atoms with Crippen LogP contribution in [0.2, 0.25) is 10.0 Å². The minimum absolute atomic E-state index is 0.0547. The number of benzene rings is 2. The number of rotatable bonds is 8. The van der Waals surface area contributed by atoms with Crippen molar-refractivity contribution in [3.63, 3.8) is 0 Å². The van der Waals surface area contributed by atoms with Crippen LogP contribution in [0, 0.1) is 6.92 Å². The Morgan fingerprint density at radius 2 is 1.92 bits per heavy atom. The summed E-state index contributed by atoms with van der Waals surface area (Å²) < 4.78 is 5.26. The number of carbonyl (C=O) groups is 1. The number of amides is 1. The Bertz CT molecular complexity index is 735. The van der Waals surface area contributed by atoms with Gasteiger partial charge in [0.25, 0.3) is 0 Å². The van der Waals surface area contributed by atoms with Crippen LogP contribution in [0.15, 0.2) is 36.4 Å². The molecule has 0 radical (unpaired) electrons. The Kier molecular flexibility index (Phi) is 7.56. The molecule has 2 aromatic rings. The van der Waals surface area contributed by atoms with Gasteiger partial charge in [0.05, 0.1) is 12.8 Å². The van der Waals surface area contributed by atoms with E-state index in [1.807, 2.05) is 37.3 Å². The summed E-state index contributed by atoms with van der Waals surface area (Å²) in [7, 11) is 1.59. The van der Waals surface area contributed by atoms with Gasteiger partial charge < -0.3 is 15.4 Å². The number of hydrogen-bond donors (Lipinski definition) is 2. The first-order valence-corrected chi connectivity index (χ1v) is 8.84. The molecule has 0 fully saturated rings. The SMILES string of the molecule is COc1ccc(C)cc1NC(=O)CCNCCc1ccc(Cl)cc1Cl. The molecule has 25 heavy (non-hydrogen) atoms. The molecule has 6 heteroatoms. The topological polar surface area (TPSA) is 50.4 Å². The fourth-order valence-corrected chi connectivity index (χ4v) is 2.91. The minimum Gasteiger partial charge on any atom is -0.495 e. The quantitative estimate of drug-likeness (QED) is 0.664. The molecule has 0 unspecified atom stereocenters. The van der Waals surface area contributed by atoms with E-state index in [2.05, 4.69) is 10.6 Å². The van der Waals surface area contributed by atoms with Gasteiger partial charge in [0, 0.05) is 23.0 Å². The van der Waals surface area contributed by atoms with Gasteiger partial charge in [-0.2, -0.15) is 0 Å². The fourth-order valence-electron chi connectivity index (χ4n) is 2.41. The van der Waals surface area contributed by atoms with Crippen molar-refractivity contribution >= 4 is 34.8 Å². The highest BCUT2D eigenvalue weighted by molar-refractivity contribution is 6.35. The molecule has 2 N–H and O–H groups in total. The molecule has 0 bridgehead atoms. The zero-order valence-electron chi connectivity index (χ0n) is 14.4. The molecular formula is C19H22Cl2N2O2. The van der Waals surface area contributed by atoms with Gasteiger partial charge in [0.1, 0.15) is 5.75 Å². The van der Waals surface area contributed by atoms with Gasteiger partial charge in [-0.1, -0.05) is 35.3 Å². The molecule has 0 saturated carbocycles. The van der Waals surface area contributed by atoms with Gasteiger partial charge in [-0.3, -0.25) is 4.79 Å². The third-order valence-electron chi connectivity index (χ3n) is 3.74. The lowest BCUT2D eigenvalue weighted by molar-refractivity contribution is -0.116. The Balaban J connectivity index is 1.73. The van der Waals surface area contributed by atoms with Crippen LogP contribution in [0.3, 0.4) is 0 Å². The van der Waals surface area contributed by atoms with E-state index in [9.17, 15) is 4.79 Å². The van der Waals surface area contributed by atoms with Crippen LogP contribution in [-0.4, -0.2) is 26.1 Å². The molecule has 0 spiro atoms. The number of halogens is 2. The van der Waals surface area contributed by atoms with Crippen LogP contribution < -0.4 is 15.4 Å². The van der Waals surface area contributed by atoms with Crippen molar-refractivity contribution in [2.75, 3.05) is 25.5 Å². The van der Waals surface area contributed by atoms with Gasteiger partial charge in [-0.05, 0) is 55.3 Å². The molecule has 2 aromatic carbocycles. The summed E-state index contributed by atoms with van der Waals surface area (Å²) in [6.45, 7) is 3.30. The number of ether oxygens (including phenoxy) is 1. The summed E-state index contributed by atoms with van der Waals surface area (Å²) in [6, 6.07) is 11.2. The van der Waals surface area contributed by atoms with E-state index < -0.39 is 0 Å². The highest BCUT2D eigenvalue weighted by Crippen LogP contribution is 2.25. The highest BCUT2D eigenvalue weighted by Gasteiger charge is 2.08. The van der Waals surface area contributed by atoms with Crippen LogP contribution in [0.25, 0.3) is 0 Å². The van der Waals surface area contributed by atoms with Gasteiger partial charge in [-0.25, -0.2) is 0 Å². The van der Waals surface area contributed by atoms with Crippen LogP contribution >= 0.6 is 23.2 Å². The first kappa shape index (κ1) is 19.6. The van der Waals surface area contributed by atoms with E-state index in [0.717, 1.165) is 24.1 Å². The van der Waals surface area contributed by atoms with Crippen LogP contribution in [0.1, 0.15) is 17.5 Å². The molecule has 0 heterocycles. The second-order valence-corrected chi connectivity index (χ2v) is 6.58. The van der Waals surface area contributed by atoms with Crippen LogP contribution in [0.4, 0.5) is 5.69 Å².